The van der Waals surface area contributed by atoms with Gasteiger partial charge in [-0.25, -0.2) is 4.98 Å². The highest BCUT2D eigenvalue weighted by Crippen LogP contribution is 2.21. The molecule has 0 radical (unpaired) electrons. The minimum Gasteiger partial charge on any atom is -0.337 e. The Morgan fingerprint density at radius 1 is 1.23 bits per heavy atom. The molecule has 2 nitrogen and oxygen atoms in total. The fraction of sp³-hybridized carbons (Fsp3) is 0.727. The van der Waals surface area contributed by atoms with Crippen LogP contribution in [0.2, 0.25) is 0 Å². The Bertz CT molecular complexity index is 219. The zero-order valence-corrected chi connectivity index (χ0v) is 8.95. The van der Waals surface area contributed by atoms with Crippen molar-refractivity contribution in [3.8, 4) is 0 Å². The van der Waals surface area contributed by atoms with Gasteiger partial charge in [0.25, 0.3) is 0 Å². The first-order valence-corrected chi connectivity index (χ1v) is 5.04. The molecule has 0 unspecified atom stereocenters. The van der Waals surface area contributed by atoms with Crippen LogP contribution in [-0.4, -0.2) is 9.55 Å². The van der Waals surface area contributed by atoms with Crippen LogP contribution in [0.3, 0.4) is 0 Å². The molecule has 0 spiro atoms. The smallest absolute Gasteiger partial charge is 0.0945 e. The lowest BCUT2D eigenvalue weighted by atomic mass is 9.90. The topological polar surface area (TPSA) is 17.8 Å². The van der Waals surface area contributed by atoms with Crippen molar-refractivity contribution in [2.75, 3.05) is 0 Å². The minimum absolute atomic E-state index is 0.481. The molecule has 0 fully saturated rings. The molecule has 0 atom stereocenters. The number of hydrogen-bond donors (Lipinski definition) is 0. The number of unbranched alkanes of at least 4 members (excludes halogenated alkanes) is 1. The maximum atomic E-state index is 4.01. The highest BCUT2D eigenvalue weighted by Gasteiger charge is 2.08. The van der Waals surface area contributed by atoms with E-state index in [9.17, 15) is 0 Å². The number of aromatic nitrogens is 2. The Morgan fingerprint density at radius 2 is 2.00 bits per heavy atom. The number of aryl methyl sites for hydroxylation is 1. The summed E-state index contributed by atoms with van der Waals surface area (Å²) in [7, 11) is 0. The molecule has 0 saturated heterocycles. The van der Waals surface area contributed by atoms with Crippen LogP contribution in [0.15, 0.2) is 18.7 Å². The Balaban J connectivity index is 2.09. The molecule has 1 aromatic heterocycles. The van der Waals surface area contributed by atoms with Gasteiger partial charge in [0.15, 0.2) is 0 Å². The van der Waals surface area contributed by atoms with Gasteiger partial charge in [-0.2, -0.15) is 0 Å². The van der Waals surface area contributed by atoms with Gasteiger partial charge in [-0.15, -0.1) is 0 Å². The van der Waals surface area contributed by atoms with E-state index in [1.165, 1.54) is 19.3 Å². The quantitative estimate of drug-likeness (QED) is 0.651. The molecule has 13 heavy (non-hydrogen) atoms. The van der Waals surface area contributed by atoms with Crippen molar-refractivity contribution in [3.63, 3.8) is 0 Å². The van der Waals surface area contributed by atoms with Crippen molar-refractivity contribution < 1.29 is 0 Å². The zero-order valence-electron chi connectivity index (χ0n) is 8.95. The second kappa shape index (κ2) is 4.45. The summed E-state index contributed by atoms with van der Waals surface area (Å²) in [4.78, 5) is 4.01. The highest BCUT2D eigenvalue weighted by atomic mass is 15.0. The Labute approximate surface area is 81.0 Å². The molecule has 1 rings (SSSR count). The average Bonchev–Trinajstić information content (AvgIpc) is 2.48. The summed E-state index contributed by atoms with van der Waals surface area (Å²) in [5.74, 6) is 0. The standard InChI is InChI=1S/C11H20N2/c1-11(2,3)6-4-5-8-13-9-7-12-10-13/h7,9-10H,4-6,8H2,1-3H3. The van der Waals surface area contributed by atoms with Crippen LogP contribution in [0, 0.1) is 5.41 Å². The SMILES string of the molecule is CC(C)(C)CCCCn1ccnc1. The molecular formula is C11H20N2. The largest absolute Gasteiger partial charge is 0.337 e. The van der Waals surface area contributed by atoms with Crippen LogP contribution >= 0.6 is 0 Å². The molecule has 2 heteroatoms. The zero-order chi connectivity index (χ0) is 9.73. The van der Waals surface area contributed by atoms with Crippen molar-refractivity contribution >= 4 is 0 Å². The maximum absolute atomic E-state index is 4.01. The Morgan fingerprint density at radius 3 is 2.54 bits per heavy atom. The van der Waals surface area contributed by atoms with E-state index >= 15 is 0 Å². The third-order valence-electron chi connectivity index (χ3n) is 2.15. The molecule has 1 heterocycles. The van der Waals surface area contributed by atoms with Gasteiger partial charge < -0.3 is 4.57 Å². The van der Waals surface area contributed by atoms with E-state index in [2.05, 4.69) is 30.3 Å². The third-order valence-corrected chi connectivity index (χ3v) is 2.15. The van der Waals surface area contributed by atoms with E-state index in [0.717, 1.165) is 6.54 Å². The number of nitrogens with zero attached hydrogens (tertiary/aromatic N) is 2. The lowest BCUT2D eigenvalue weighted by Crippen LogP contribution is -2.05. The fourth-order valence-electron chi connectivity index (χ4n) is 1.37. The fourth-order valence-corrected chi connectivity index (χ4v) is 1.37. The summed E-state index contributed by atoms with van der Waals surface area (Å²) in [6, 6.07) is 0. The predicted molar refractivity (Wildman–Crippen MR) is 55.5 cm³/mol. The van der Waals surface area contributed by atoms with Crippen LogP contribution < -0.4 is 0 Å². The maximum Gasteiger partial charge on any atom is 0.0945 e. The van der Waals surface area contributed by atoms with Crippen LogP contribution in [0.1, 0.15) is 40.0 Å². The van der Waals surface area contributed by atoms with Crippen LogP contribution in [0.4, 0.5) is 0 Å². The van der Waals surface area contributed by atoms with Crippen molar-refractivity contribution in [3.05, 3.63) is 18.7 Å². The molecule has 0 aliphatic carbocycles. The molecule has 0 aliphatic heterocycles. The second-order valence-electron chi connectivity index (χ2n) is 4.82. The van der Waals surface area contributed by atoms with Gasteiger partial charge >= 0.3 is 0 Å². The van der Waals surface area contributed by atoms with E-state index in [1.54, 1.807) is 0 Å². The summed E-state index contributed by atoms with van der Waals surface area (Å²) in [5.41, 5.74) is 0.481. The summed E-state index contributed by atoms with van der Waals surface area (Å²) in [6.07, 6.45) is 9.62. The molecule has 0 N–H and O–H groups in total. The number of imidazole rings is 1. The molecule has 0 aliphatic rings. The second-order valence-corrected chi connectivity index (χ2v) is 4.82. The van der Waals surface area contributed by atoms with Gasteiger partial charge in [-0.3, -0.25) is 0 Å². The first kappa shape index (κ1) is 10.3. The van der Waals surface area contributed by atoms with E-state index in [0.29, 0.717) is 5.41 Å². The summed E-state index contributed by atoms with van der Waals surface area (Å²) in [6.45, 7) is 7.99. The first-order valence-electron chi connectivity index (χ1n) is 5.04. The summed E-state index contributed by atoms with van der Waals surface area (Å²) < 4.78 is 2.14. The number of hydrogen-bond acceptors (Lipinski definition) is 1. The van der Waals surface area contributed by atoms with Crippen LogP contribution in [0.5, 0.6) is 0 Å². The Hall–Kier alpha value is -0.790. The highest BCUT2D eigenvalue weighted by molar-refractivity contribution is 4.73. The van der Waals surface area contributed by atoms with E-state index in [-0.39, 0.29) is 0 Å². The molecule has 74 valence electrons. The van der Waals surface area contributed by atoms with Crippen molar-refractivity contribution in [1.82, 2.24) is 9.55 Å². The summed E-state index contributed by atoms with van der Waals surface area (Å²) >= 11 is 0. The molecule has 0 saturated carbocycles. The van der Waals surface area contributed by atoms with E-state index in [1.807, 2.05) is 18.7 Å². The van der Waals surface area contributed by atoms with Gasteiger partial charge in [-0.05, 0) is 18.3 Å². The predicted octanol–water partition coefficient (Wildman–Crippen LogP) is 3.10. The molecular weight excluding hydrogens is 160 g/mol. The first-order chi connectivity index (χ1) is 6.08. The minimum atomic E-state index is 0.481. The number of rotatable bonds is 4. The molecule has 0 bridgehead atoms. The van der Waals surface area contributed by atoms with Gasteiger partial charge in [0.2, 0.25) is 0 Å². The van der Waals surface area contributed by atoms with E-state index in [4.69, 9.17) is 0 Å². The van der Waals surface area contributed by atoms with Crippen molar-refractivity contribution in [2.24, 2.45) is 5.41 Å². The summed E-state index contributed by atoms with van der Waals surface area (Å²) in [5, 5.41) is 0. The molecule has 0 amide bonds. The van der Waals surface area contributed by atoms with E-state index < -0.39 is 0 Å². The van der Waals surface area contributed by atoms with Gasteiger partial charge in [-0.1, -0.05) is 27.2 Å². The lowest BCUT2D eigenvalue weighted by molar-refractivity contribution is 0.355. The molecule has 1 aromatic rings. The van der Waals surface area contributed by atoms with Crippen LogP contribution in [-0.2, 0) is 6.54 Å². The van der Waals surface area contributed by atoms with Crippen molar-refractivity contribution in [2.45, 2.75) is 46.6 Å². The monoisotopic (exact) mass is 180 g/mol. The molecule has 0 aromatic carbocycles. The van der Waals surface area contributed by atoms with Gasteiger partial charge in [0, 0.05) is 18.9 Å². The Kier molecular flexibility index (Phi) is 3.52. The van der Waals surface area contributed by atoms with Crippen LogP contribution in [0.25, 0.3) is 0 Å². The van der Waals surface area contributed by atoms with Crippen molar-refractivity contribution in [1.29, 1.82) is 0 Å². The normalized spacial score (nSPS) is 11.9. The van der Waals surface area contributed by atoms with Gasteiger partial charge in [0.05, 0.1) is 6.33 Å². The lowest BCUT2D eigenvalue weighted by Gasteiger charge is -2.17. The average molecular weight is 180 g/mol. The third kappa shape index (κ3) is 4.71. The van der Waals surface area contributed by atoms with Gasteiger partial charge in [0.1, 0.15) is 0 Å².